The summed E-state index contributed by atoms with van der Waals surface area (Å²) >= 11 is 0. The molecule has 0 amide bonds. The van der Waals surface area contributed by atoms with Crippen molar-refractivity contribution in [1.29, 1.82) is 0 Å². The first-order valence-corrected chi connectivity index (χ1v) is 20.1. The van der Waals surface area contributed by atoms with Gasteiger partial charge in [0.25, 0.3) is 0 Å². The molecule has 2 saturated heterocycles. The summed E-state index contributed by atoms with van der Waals surface area (Å²) in [7, 11) is 1.62. The minimum absolute atomic E-state index is 0.0827. The lowest BCUT2D eigenvalue weighted by Gasteiger charge is -2.37. The number of methoxy groups -OCH3 is 1. The average molecular weight is 770 g/mol. The topological polar surface area (TPSA) is 124 Å². The van der Waals surface area contributed by atoms with Crippen LogP contribution in [-0.4, -0.2) is 68.2 Å². The quantitative estimate of drug-likeness (QED) is 0.118. The van der Waals surface area contributed by atoms with Crippen LogP contribution in [0.3, 0.4) is 0 Å². The molecule has 4 heterocycles. The van der Waals surface area contributed by atoms with Crippen molar-refractivity contribution in [3.63, 3.8) is 0 Å². The van der Waals surface area contributed by atoms with Crippen molar-refractivity contribution in [1.82, 2.24) is 9.55 Å². The normalized spacial score (nSPS) is 19.8. The highest BCUT2D eigenvalue weighted by atomic mass is 16.6. The van der Waals surface area contributed by atoms with Gasteiger partial charge in [-0.25, -0.2) is 4.98 Å². The Bertz CT molecular complexity index is 2240. The number of hydrogen-bond donors (Lipinski definition) is 1. The van der Waals surface area contributed by atoms with Gasteiger partial charge in [-0.15, -0.1) is 0 Å². The summed E-state index contributed by atoms with van der Waals surface area (Å²) in [6, 6.07) is 24.3. The first kappa shape index (κ1) is 38.6. The van der Waals surface area contributed by atoms with Crippen LogP contribution in [0.1, 0.15) is 59.5 Å². The summed E-state index contributed by atoms with van der Waals surface area (Å²) in [6.45, 7) is 6.33. The zero-order valence-corrected chi connectivity index (χ0v) is 32.8. The van der Waals surface area contributed by atoms with Crippen LogP contribution < -0.4 is 20.6 Å². The molecule has 10 heteroatoms. The van der Waals surface area contributed by atoms with E-state index in [1.165, 1.54) is 5.56 Å². The number of Topliss-reactive ketones (excluding diaryl/α,β-unsaturated/α-hetero) is 1. The predicted octanol–water partition coefficient (Wildman–Crippen LogP) is 8.13. The van der Waals surface area contributed by atoms with E-state index in [0.717, 1.165) is 78.8 Å². The molecule has 2 aromatic heterocycles. The third-order valence-corrected chi connectivity index (χ3v) is 11.8. The van der Waals surface area contributed by atoms with Gasteiger partial charge in [0.15, 0.2) is 22.7 Å². The first-order valence-electron chi connectivity index (χ1n) is 20.1. The second-order valence-electron chi connectivity index (χ2n) is 15.6. The number of carbonyl (C=O) groups excluding carboxylic acids is 1. The molecule has 2 unspecified atom stereocenters. The standard InChI is InChI=1S/C47H51N3O7/c1-30-3-5-34(6-4-30)41-26-50(25-31-15-17-54-18-16-31)27-42(46(41)52)43(51)22-36-11-13-39(36)32-7-9-33(10-8-32)40-21-37(24-49-47(40)48)35-12-14-44(45(23-35)53-2)57-29-38-28-55-19-20-56-38/h3-10,12,14,21,23-24,26-27,31,36,38-39H,11,13,15-20,22,25,28-29H2,1-2H3,(H2,48,49)/t36?,38-,39?/m1/s1. The maximum Gasteiger partial charge on any atom is 0.200 e. The Hall–Kier alpha value is -5.29. The lowest BCUT2D eigenvalue weighted by molar-refractivity contribution is -0.101. The highest BCUT2D eigenvalue weighted by Crippen LogP contribution is 2.45. The van der Waals surface area contributed by atoms with Crippen LogP contribution in [0, 0.1) is 18.8 Å². The van der Waals surface area contributed by atoms with Crippen LogP contribution in [0.5, 0.6) is 11.5 Å². The zero-order chi connectivity index (χ0) is 39.3. The van der Waals surface area contributed by atoms with Gasteiger partial charge < -0.3 is 34.0 Å². The van der Waals surface area contributed by atoms with Gasteiger partial charge in [0.2, 0.25) is 0 Å². The van der Waals surface area contributed by atoms with Crippen LogP contribution in [0.2, 0.25) is 0 Å². The van der Waals surface area contributed by atoms with Gasteiger partial charge in [-0.2, -0.15) is 0 Å². The highest BCUT2D eigenvalue weighted by Gasteiger charge is 2.34. The number of nitrogen functional groups attached to an aromatic ring is 1. The summed E-state index contributed by atoms with van der Waals surface area (Å²) in [5.41, 5.74) is 13.9. The van der Waals surface area contributed by atoms with Crippen molar-refractivity contribution in [2.75, 3.05) is 52.5 Å². The van der Waals surface area contributed by atoms with Crippen molar-refractivity contribution in [3.8, 4) is 44.9 Å². The van der Waals surface area contributed by atoms with Gasteiger partial charge in [-0.1, -0.05) is 60.2 Å². The number of nitrogens with two attached hydrogens (primary N) is 1. The number of rotatable bonds is 13. The van der Waals surface area contributed by atoms with Gasteiger partial charge in [-0.3, -0.25) is 9.59 Å². The largest absolute Gasteiger partial charge is 0.493 e. The molecule has 3 aliphatic rings. The second kappa shape index (κ2) is 17.5. The summed E-state index contributed by atoms with van der Waals surface area (Å²) in [5.74, 6) is 2.44. The van der Waals surface area contributed by atoms with E-state index in [0.29, 0.717) is 61.6 Å². The van der Waals surface area contributed by atoms with E-state index in [2.05, 4.69) is 33.8 Å². The lowest BCUT2D eigenvalue weighted by Crippen LogP contribution is -2.33. The van der Waals surface area contributed by atoms with E-state index in [4.69, 9.17) is 29.4 Å². The Labute approximate surface area is 333 Å². The van der Waals surface area contributed by atoms with E-state index >= 15 is 0 Å². The number of hydrogen-bond acceptors (Lipinski definition) is 9. The Kier molecular flexibility index (Phi) is 11.8. The number of anilines is 1. The second-order valence-corrected chi connectivity index (χ2v) is 15.6. The maximum atomic E-state index is 14.0. The third kappa shape index (κ3) is 8.83. The molecular weight excluding hydrogens is 719 g/mol. The third-order valence-electron chi connectivity index (χ3n) is 11.8. The van der Waals surface area contributed by atoms with Crippen molar-refractivity contribution < 1.29 is 28.5 Å². The van der Waals surface area contributed by atoms with Crippen molar-refractivity contribution in [2.24, 2.45) is 11.8 Å². The molecule has 0 spiro atoms. The Morgan fingerprint density at radius 3 is 2.30 bits per heavy atom. The summed E-state index contributed by atoms with van der Waals surface area (Å²) in [5, 5.41) is 0. The molecule has 1 aliphatic carbocycles. The Morgan fingerprint density at radius 2 is 1.58 bits per heavy atom. The molecule has 10 nitrogen and oxygen atoms in total. The molecule has 2 aliphatic heterocycles. The van der Waals surface area contributed by atoms with Crippen LogP contribution >= 0.6 is 0 Å². The fourth-order valence-corrected chi connectivity index (χ4v) is 8.26. The van der Waals surface area contributed by atoms with Gasteiger partial charge in [0, 0.05) is 61.5 Å². The van der Waals surface area contributed by atoms with Gasteiger partial charge >= 0.3 is 0 Å². The van der Waals surface area contributed by atoms with E-state index in [1.54, 1.807) is 19.5 Å². The Balaban J connectivity index is 0.969. The van der Waals surface area contributed by atoms with Gasteiger partial charge in [-0.05, 0) is 90.8 Å². The molecule has 3 atom stereocenters. The Morgan fingerprint density at radius 1 is 0.825 bits per heavy atom. The fourth-order valence-electron chi connectivity index (χ4n) is 8.26. The van der Waals surface area contributed by atoms with Crippen LogP contribution in [-0.2, 0) is 20.8 Å². The van der Waals surface area contributed by atoms with E-state index in [9.17, 15) is 9.59 Å². The van der Waals surface area contributed by atoms with Crippen LogP contribution in [0.4, 0.5) is 5.82 Å². The number of benzene rings is 3. The predicted molar refractivity (Wildman–Crippen MR) is 221 cm³/mol. The number of aryl methyl sites for hydroxylation is 1. The van der Waals surface area contributed by atoms with Crippen LogP contribution in [0.25, 0.3) is 33.4 Å². The monoisotopic (exact) mass is 769 g/mol. The van der Waals surface area contributed by atoms with Crippen molar-refractivity contribution in [2.45, 2.75) is 57.6 Å². The number of pyridine rings is 2. The summed E-state index contributed by atoms with van der Waals surface area (Å²) in [4.78, 5) is 32.5. The zero-order valence-electron chi connectivity index (χ0n) is 32.8. The van der Waals surface area contributed by atoms with Gasteiger partial charge in [0.1, 0.15) is 18.5 Å². The first-order chi connectivity index (χ1) is 27.8. The van der Waals surface area contributed by atoms with E-state index in [-0.39, 0.29) is 34.7 Å². The van der Waals surface area contributed by atoms with Crippen LogP contribution in [0.15, 0.2) is 96.2 Å². The maximum absolute atomic E-state index is 14.0. The molecule has 3 aromatic carbocycles. The molecule has 8 rings (SSSR count). The average Bonchev–Trinajstić information content (AvgIpc) is 3.23. The smallest absolute Gasteiger partial charge is 0.200 e. The highest BCUT2D eigenvalue weighted by molar-refractivity contribution is 5.97. The number of carbonyl (C=O) groups is 1. The summed E-state index contributed by atoms with van der Waals surface area (Å²) < 4.78 is 30.5. The molecule has 1 saturated carbocycles. The SMILES string of the molecule is COc1cc(-c2cnc(N)c(-c3ccc(C4CCC4CC(=O)c4cn(CC5CCOCC5)cc(-c5ccc(C)cc5)c4=O)cc3)c2)ccc1OC[C@H]1COCCO1. The molecular formula is C47H51N3O7. The molecule has 5 aromatic rings. The lowest BCUT2D eigenvalue weighted by atomic mass is 9.67. The minimum Gasteiger partial charge on any atom is -0.493 e. The number of ether oxygens (including phenoxy) is 5. The molecule has 0 bridgehead atoms. The number of aromatic nitrogens is 2. The number of ketones is 1. The fraction of sp³-hybridized carbons (Fsp3) is 0.383. The number of nitrogens with zero attached hydrogens (tertiary/aromatic N) is 2. The van der Waals surface area contributed by atoms with Gasteiger partial charge in [0.05, 0.1) is 32.5 Å². The van der Waals surface area contributed by atoms with E-state index in [1.807, 2.05) is 61.7 Å². The van der Waals surface area contributed by atoms with Crippen molar-refractivity contribution >= 4 is 11.6 Å². The molecule has 2 N–H and O–H groups in total. The minimum atomic E-state index is -0.191. The van der Waals surface area contributed by atoms with E-state index < -0.39 is 0 Å². The molecule has 57 heavy (non-hydrogen) atoms. The molecule has 0 radical (unpaired) electrons. The molecule has 296 valence electrons. The molecule has 3 fully saturated rings. The van der Waals surface area contributed by atoms with Crippen molar-refractivity contribution in [3.05, 3.63) is 118 Å². The summed E-state index contributed by atoms with van der Waals surface area (Å²) in [6.07, 6.45) is 9.60.